The van der Waals surface area contributed by atoms with Gasteiger partial charge in [-0.1, -0.05) is 33.6 Å². The quantitative estimate of drug-likeness (QED) is 0.622. The van der Waals surface area contributed by atoms with Crippen LogP contribution in [0.5, 0.6) is 5.75 Å². The molecule has 0 saturated heterocycles. The molecule has 2 aromatic carbocycles. The highest BCUT2D eigenvalue weighted by molar-refractivity contribution is 9.10. The molecule has 114 valence electrons. The van der Waals surface area contributed by atoms with Gasteiger partial charge in [0.2, 0.25) is 0 Å². The Morgan fingerprint density at radius 1 is 1.32 bits per heavy atom. The monoisotopic (exact) mass is 384 g/mol. The lowest BCUT2D eigenvalue weighted by atomic mass is 10.3. The van der Waals surface area contributed by atoms with Gasteiger partial charge in [-0.05, 0) is 24.3 Å². The standard InChI is InChI=1S/C14H10BrClN2O4/c15-9-4-5-13(12(16)6-9)22-8-14(19)17-10-2-1-3-11(7-10)18(20)21/h1-7H,8H2,(H,17,19). The average Bonchev–Trinajstić information content (AvgIpc) is 2.46. The van der Waals surface area contributed by atoms with Gasteiger partial charge in [0.25, 0.3) is 11.6 Å². The molecule has 0 fully saturated rings. The first-order chi connectivity index (χ1) is 10.5. The summed E-state index contributed by atoms with van der Waals surface area (Å²) >= 11 is 9.23. The second kappa shape index (κ2) is 7.24. The minimum absolute atomic E-state index is 0.102. The average molecular weight is 386 g/mol. The van der Waals surface area contributed by atoms with Crippen molar-refractivity contribution in [1.82, 2.24) is 0 Å². The van der Waals surface area contributed by atoms with Crippen LogP contribution in [0.2, 0.25) is 5.02 Å². The topological polar surface area (TPSA) is 81.5 Å². The number of benzene rings is 2. The predicted molar refractivity (Wildman–Crippen MR) is 86.4 cm³/mol. The normalized spacial score (nSPS) is 10.1. The Balaban J connectivity index is 1.95. The molecule has 1 amide bonds. The molecule has 6 nitrogen and oxygen atoms in total. The first-order valence-electron chi connectivity index (χ1n) is 6.08. The number of ether oxygens (including phenoxy) is 1. The maximum atomic E-state index is 11.8. The summed E-state index contributed by atoms with van der Waals surface area (Å²) in [7, 11) is 0. The summed E-state index contributed by atoms with van der Waals surface area (Å²) in [4.78, 5) is 21.9. The van der Waals surface area contributed by atoms with Crippen LogP contribution < -0.4 is 10.1 Å². The maximum Gasteiger partial charge on any atom is 0.271 e. The summed E-state index contributed by atoms with van der Waals surface area (Å²) in [5.74, 6) is -0.0708. The van der Waals surface area contributed by atoms with E-state index in [0.29, 0.717) is 16.5 Å². The lowest BCUT2D eigenvalue weighted by molar-refractivity contribution is -0.384. The first kappa shape index (κ1) is 16.3. The number of carbonyl (C=O) groups excluding carboxylic acids is 1. The molecule has 2 rings (SSSR count). The van der Waals surface area contributed by atoms with Crippen LogP contribution in [-0.4, -0.2) is 17.4 Å². The molecule has 0 spiro atoms. The number of nitrogens with zero attached hydrogens (tertiary/aromatic N) is 1. The van der Waals surface area contributed by atoms with E-state index in [9.17, 15) is 14.9 Å². The number of hydrogen-bond donors (Lipinski definition) is 1. The molecule has 0 aliphatic carbocycles. The van der Waals surface area contributed by atoms with E-state index >= 15 is 0 Å². The number of nitro groups is 1. The predicted octanol–water partition coefficient (Wildman–Crippen LogP) is 4.03. The van der Waals surface area contributed by atoms with E-state index in [1.807, 2.05) is 0 Å². The van der Waals surface area contributed by atoms with Gasteiger partial charge in [0, 0.05) is 22.3 Å². The van der Waals surface area contributed by atoms with Crippen LogP contribution in [0.15, 0.2) is 46.9 Å². The smallest absolute Gasteiger partial charge is 0.271 e. The Morgan fingerprint density at radius 2 is 2.09 bits per heavy atom. The van der Waals surface area contributed by atoms with Crippen molar-refractivity contribution in [1.29, 1.82) is 0 Å². The van der Waals surface area contributed by atoms with Gasteiger partial charge in [-0.25, -0.2) is 0 Å². The third kappa shape index (κ3) is 4.44. The van der Waals surface area contributed by atoms with Gasteiger partial charge in [-0.15, -0.1) is 0 Å². The molecule has 0 bridgehead atoms. The molecular weight excluding hydrogens is 376 g/mol. The molecule has 22 heavy (non-hydrogen) atoms. The van der Waals surface area contributed by atoms with Crippen molar-refractivity contribution in [3.05, 3.63) is 62.1 Å². The highest BCUT2D eigenvalue weighted by Crippen LogP contribution is 2.27. The van der Waals surface area contributed by atoms with E-state index in [1.165, 1.54) is 18.2 Å². The number of halogens is 2. The highest BCUT2D eigenvalue weighted by atomic mass is 79.9. The van der Waals surface area contributed by atoms with Crippen molar-refractivity contribution >= 4 is 44.8 Å². The van der Waals surface area contributed by atoms with Gasteiger partial charge in [0.05, 0.1) is 9.95 Å². The van der Waals surface area contributed by atoms with Crippen LogP contribution >= 0.6 is 27.5 Å². The van der Waals surface area contributed by atoms with Crippen LogP contribution in [0.4, 0.5) is 11.4 Å². The highest BCUT2D eigenvalue weighted by Gasteiger charge is 2.10. The molecule has 0 aromatic heterocycles. The van der Waals surface area contributed by atoms with Crippen molar-refractivity contribution in [3.8, 4) is 5.75 Å². The number of amides is 1. The van der Waals surface area contributed by atoms with E-state index in [1.54, 1.807) is 24.3 Å². The van der Waals surface area contributed by atoms with E-state index in [4.69, 9.17) is 16.3 Å². The van der Waals surface area contributed by atoms with E-state index < -0.39 is 10.8 Å². The van der Waals surface area contributed by atoms with Gasteiger partial charge in [-0.2, -0.15) is 0 Å². The van der Waals surface area contributed by atoms with E-state index in [0.717, 1.165) is 4.47 Å². The fourth-order valence-corrected chi connectivity index (χ4v) is 2.36. The molecule has 0 unspecified atom stereocenters. The van der Waals surface area contributed by atoms with Crippen LogP contribution in [0.3, 0.4) is 0 Å². The van der Waals surface area contributed by atoms with Crippen molar-refractivity contribution < 1.29 is 14.5 Å². The van der Waals surface area contributed by atoms with Gasteiger partial charge < -0.3 is 10.1 Å². The molecule has 0 saturated carbocycles. The van der Waals surface area contributed by atoms with E-state index in [-0.39, 0.29) is 12.3 Å². The molecular formula is C14H10BrClN2O4. The summed E-state index contributed by atoms with van der Waals surface area (Å²) in [6, 6.07) is 10.7. The molecule has 0 heterocycles. The van der Waals surface area contributed by atoms with Crippen molar-refractivity contribution in [3.63, 3.8) is 0 Å². The van der Waals surface area contributed by atoms with Crippen LogP contribution in [0.1, 0.15) is 0 Å². The van der Waals surface area contributed by atoms with Crippen molar-refractivity contribution in [2.24, 2.45) is 0 Å². The molecule has 0 radical (unpaired) electrons. The van der Waals surface area contributed by atoms with E-state index in [2.05, 4.69) is 21.2 Å². The Hall–Kier alpha value is -2.12. The molecule has 2 aromatic rings. The Morgan fingerprint density at radius 3 is 2.77 bits per heavy atom. The fraction of sp³-hybridized carbons (Fsp3) is 0.0714. The third-order valence-corrected chi connectivity index (χ3v) is 3.38. The minimum atomic E-state index is -0.534. The summed E-state index contributed by atoms with van der Waals surface area (Å²) in [5.41, 5.74) is 0.222. The number of nitro benzene ring substituents is 1. The largest absolute Gasteiger partial charge is 0.482 e. The number of carbonyl (C=O) groups is 1. The number of non-ortho nitro benzene ring substituents is 1. The number of anilines is 1. The van der Waals surface area contributed by atoms with Crippen molar-refractivity contribution in [2.45, 2.75) is 0 Å². The SMILES string of the molecule is O=C(COc1ccc(Br)cc1Cl)Nc1cccc([N+](=O)[O-])c1. The van der Waals surface area contributed by atoms with Gasteiger partial charge >= 0.3 is 0 Å². The number of nitrogens with one attached hydrogen (secondary N) is 1. The molecule has 1 N–H and O–H groups in total. The van der Waals surface area contributed by atoms with Crippen LogP contribution in [0.25, 0.3) is 0 Å². The first-order valence-corrected chi connectivity index (χ1v) is 7.25. The lowest BCUT2D eigenvalue weighted by Crippen LogP contribution is -2.20. The Labute approximate surface area is 139 Å². The summed E-state index contributed by atoms with van der Waals surface area (Å²) < 4.78 is 6.10. The zero-order valence-corrected chi connectivity index (χ0v) is 13.4. The molecule has 0 atom stereocenters. The Kier molecular flexibility index (Phi) is 5.35. The third-order valence-electron chi connectivity index (χ3n) is 2.59. The van der Waals surface area contributed by atoms with Crippen LogP contribution in [0, 0.1) is 10.1 Å². The summed E-state index contributed by atoms with van der Waals surface area (Å²) in [5, 5.41) is 13.6. The lowest BCUT2D eigenvalue weighted by Gasteiger charge is -2.09. The van der Waals surface area contributed by atoms with Crippen LogP contribution in [-0.2, 0) is 4.79 Å². The zero-order valence-electron chi connectivity index (χ0n) is 11.1. The summed E-state index contributed by atoms with van der Waals surface area (Å²) in [6.45, 7) is -0.260. The van der Waals surface area contributed by atoms with Gasteiger partial charge in [0.15, 0.2) is 6.61 Å². The Bertz CT molecular complexity index is 724. The number of hydrogen-bond acceptors (Lipinski definition) is 4. The molecule has 0 aliphatic rings. The van der Waals surface area contributed by atoms with Gasteiger partial charge in [0.1, 0.15) is 5.75 Å². The molecule has 0 aliphatic heterocycles. The van der Waals surface area contributed by atoms with Crippen molar-refractivity contribution in [2.75, 3.05) is 11.9 Å². The zero-order chi connectivity index (χ0) is 16.1. The number of rotatable bonds is 5. The summed E-state index contributed by atoms with van der Waals surface area (Å²) in [6.07, 6.45) is 0. The second-order valence-corrected chi connectivity index (χ2v) is 5.54. The van der Waals surface area contributed by atoms with Gasteiger partial charge in [-0.3, -0.25) is 14.9 Å². The molecule has 8 heteroatoms. The second-order valence-electron chi connectivity index (χ2n) is 4.22. The maximum absolute atomic E-state index is 11.8. The minimum Gasteiger partial charge on any atom is -0.482 e. The fourth-order valence-electron chi connectivity index (χ4n) is 1.63.